The molecule has 7 heteroatoms. The third-order valence-corrected chi connectivity index (χ3v) is 3.13. The highest BCUT2D eigenvalue weighted by molar-refractivity contribution is 5.87. The molecule has 21 heavy (non-hydrogen) atoms. The maximum Gasteiger partial charge on any atom is 0.311 e. The zero-order chi connectivity index (χ0) is 16.0. The maximum atomic E-state index is 12.1. The quantitative estimate of drug-likeness (QED) is 0.434. The van der Waals surface area contributed by atoms with Gasteiger partial charge in [0.2, 0.25) is 5.91 Å². The van der Waals surface area contributed by atoms with E-state index in [0.717, 1.165) is 13.0 Å². The zero-order valence-corrected chi connectivity index (χ0v) is 13.5. The van der Waals surface area contributed by atoms with E-state index in [0.29, 0.717) is 12.5 Å². The lowest BCUT2D eigenvalue weighted by Gasteiger charge is -2.23. The number of likely N-dealkylation sites (tertiary alicyclic amines) is 1. The van der Waals surface area contributed by atoms with Gasteiger partial charge in [-0.15, -0.1) is 0 Å². The van der Waals surface area contributed by atoms with Gasteiger partial charge in [0, 0.05) is 27.2 Å². The first-order valence-corrected chi connectivity index (χ1v) is 7.16. The molecule has 0 aromatic heterocycles. The summed E-state index contributed by atoms with van der Waals surface area (Å²) in [5.41, 5.74) is -0.469. The smallest absolute Gasteiger partial charge is 0.311 e. The molecule has 0 aromatic rings. The number of amides is 1. The molecule has 0 aliphatic carbocycles. The molecule has 1 aliphatic heterocycles. The molecule has 1 fully saturated rings. The molecule has 0 radical (unpaired) electrons. The fraction of sp³-hybridized carbons (Fsp3) is 0.786. The Morgan fingerprint density at radius 1 is 1.38 bits per heavy atom. The summed E-state index contributed by atoms with van der Waals surface area (Å²) in [6, 6.07) is 0. The van der Waals surface area contributed by atoms with Crippen LogP contribution in [0, 0.1) is 5.92 Å². The highest BCUT2D eigenvalue weighted by Gasteiger charge is 2.33. The minimum absolute atomic E-state index is 0.112. The van der Waals surface area contributed by atoms with Crippen molar-refractivity contribution in [1.29, 1.82) is 0 Å². The predicted molar refractivity (Wildman–Crippen MR) is 81.0 cm³/mol. The van der Waals surface area contributed by atoms with Gasteiger partial charge in [-0.3, -0.25) is 14.6 Å². The molecule has 1 saturated heterocycles. The lowest BCUT2D eigenvalue weighted by atomic mass is 10.1. The third-order valence-electron chi connectivity index (χ3n) is 3.13. The average Bonchev–Trinajstić information content (AvgIpc) is 2.87. The summed E-state index contributed by atoms with van der Waals surface area (Å²) in [5, 5.41) is 5.52. The van der Waals surface area contributed by atoms with E-state index < -0.39 is 5.60 Å². The van der Waals surface area contributed by atoms with Crippen LogP contribution in [0.25, 0.3) is 0 Å². The van der Waals surface area contributed by atoms with Gasteiger partial charge in [-0.25, -0.2) is 0 Å². The van der Waals surface area contributed by atoms with Gasteiger partial charge >= 0.3 is 5.97 Å². The molecule has 7 nitrogen and oxygen atoms in total. The van der Waals surface area contributed by atoms with Gasteiger partial charge in [0.15, 0.2) is 5.96 Å². The summed E-state index contributed by atoms with van der Waals surface area (Å²) in [6.07, 6.45) is 0.732. The van der Waals surface area contributed by atoms with E-state index >= 15 is 0 Å². The van der Waals surface area contributed by atoms with Crippen LogP contribution in [-0.2, 0) is 14.3 Å². The summed E-state index contributed by atoms with van der Waals surface area (Å²) < 4.78 is 5.41. The van der Waals surface area contributed by atoms with Gasteiger partial charge in [0.1, 0.15) is 5.60 Å². The Morgan fingerprint density at radius 3 is 2.57 bits per heavy atom. The van der Waals surface area contributed by atoms with Gasteiger partial charge in [-0.1, -0.05) is 0 Å². The van der Waals surface area contributed by atoms with Crippen molar-refractivity contribution >= 4 is 17.8 Å². The van der Waals surface area contributed by atoms with Gasteiger partial charge in [-0.05, 0) is 27.2 Å². The van der Waals surface area contributed by atoms with Gasteiger partial charge in [-0.2, -0.15) is 0 Å². The summed E-state index contributed by atoms with van der Waals surface area (Å²) >= 11 is 0. The van der Waals surface area contributed by atoms with Crippen LogP contribution in [0.2, 0.25) is 0 Å². The van der Waals surface area contributed by atoms with Crippen LogP contribution in [0.4, 0.5) is 0 Å². The monoisotopic (exact) mass is 298 g/mol. The lowest BCUT2D eigenvalue weighted by molar-refractivity contribution is -0.159. The highest BCUT2D eigenvalue weighted by atomic mass is 16.6. The van der Waals surface area contributed by atoms with Gasteiger partial charge in [0.05, 0.1) is 12.5 Å². The van der Waals surface area contributed by atoms with Crippen molar-refractivity contribution in [2.24, 2.45) is 10.9 Å². The maximum absolute atomic E-state index is 12.1. The number of hydrogen-bond acceptors (Lipinski definition) is 4. The van der Waals surface area contributed by atoms with Crippen LogP contribution in [0.1, 0.15) is 27.2 Å². The number of esters is 1. The van der Waals surface area contributed by atoms with Crippen LogP contribution in [0.5, 0.6) is 0 Å². The molecule has 0 spiro atoms. The highest BCUT2D eigenvalue weighted by Crippen LogP contribution is 2.20. The summed E-state index contributed by atoms with van der Waals surface area (Å²) in [4.78, 5) is 29.4. The number of ether oxygens (including phenoxy) is 1. The molecule has 1 aliphatic rings. The van der Waals surface area contributed by atoms with Crippen molar-refractivity contribution in [2.45, 2.75) is 32.8 Å². The number of aliphatic imine (C=N–C) groups is 1. The predicted octanol–water partition coefficient (Wildman–Crippen LogP) is -0.0286. The molecule has 1 rings (SSSR count). The number of guanidine groups is 1. The van der Waals surface area contributed by atoms with Crippen molar-refractivity contribution < 1.29 is 14.3 Å². The van der Waals surface area contributed by atoms with E-state index in [2.05, 4.69) is 15.6 Å². The van der Waals surface area contributed by atoms with Crippen LogP contribution in [-0.4, -0.2) is 62.1 Å². The fourth-order valence-corrected chi connectivity index (χ4v) is 2.11. The first-order valence-electron chi connectivity index (χ1n) is 7.16. The Morgan fingerprint density at radius 2 is 2.05 bits per heavy atom. The fourth-order valence-electron chi connectivity index (χ4n) is 2.11. The SMILES string of the molecule is CN=C(NCC(=O)NC)N1CCC(C(=O)OC(C)(C)C)C1. The molecule has 0 saturated carbocycles. The number of likely N-dealkylation sites (N-methyl/N-ethyl adjacent to an activating group) is 1. The van der Waals surface area contributed by atoms with E-state index in [4.69, 9.17) is 4.74 Å². The summed E-state index contributed by atoms with van der Waals surface area (Å²) in [7, 11) is 3.24. The van der Waals surface area contributed by atoms with E-state index in [9.17, 15) is 9.59 Å². The molecule has 1 unspecified atom stereocenters. The average molecular weight is 298 g/mol. The number of nitrogens with zero attached hydrogens (tertiary/aromatic N) is 2. The third kappa shape index (κ3) is 5.61. The first kappa shape index (κ1) is 17.3. The van der Waals surface area contributed by atoms with Gasteiger partial charge < -0.3 is 20.3 Å². The zero-order valence-electron chi connectivity index (χ0n) is 13.5. The van der Waals surface area contributed by atoms with Crippen molar-refractivity contribution in [3.05, 3.63) is 0 Å². The molecule has 1 heterocycles. The Labute approximate surface area is 126 Å². The molecule has 1 atom stereocenters. The van der Waals surface area contributed by atoms with E-state index in [1.54, 1.807) is 14.1 Å². The summed E-state index contributed by atoms with van der Waals surface area (Å²) in [5.74, 6) is 0.193. The topological polar surface area (TPSA) is 83.0 Å². The number of carbonyl (C=O) groups is 2. The van der Waals surface area contributed by atoms with Crippen LogP contribution >= 0.6 is 0 Å². The standard InChI is InChI=1S/C14H26N4O3/c1-14(2,3)21-12(20)10-6-7-18(9-10)13(16-5)17-8-11(19)15-4/h10H,6-9H2,1-5H3,(H,15,19)(H,16,17). The molecular formula is C14H26N4O3. The molecule has 120 valence electrons. The second-order valence-corrected chi connectivity index (χ2v) is 6.04. The second kappa shape index (κ2) is 7.28. The number of carbonyl (C=O) groups excluding carboxylic acids is 2. The van der Waals surface area contributed by atoms with E-state index in [1.807, 2.05) is 25.7 Å². The van der Waals surface area contributed by atoms with Crippen molar-refractivity contribution in [2.75, 3.05) is 33.7 Å². The van der Waals surface area contributed by atoms with E-state index in [-0.39, 0.29) is 24.3 Å². The Balaban J connectivity index is 2.52. The minimum Gasteiger partial charge on any atom is -0.460 e. The Hall–Kier alpha value is -1.79. The van der Waals surface area contributed by atoms with Crippen molar-refractivity contribution in [3.63, 3.8) is 0 Å². The van der Waals surface area contributed by atoms with Crippen molar-refractivity contribution in [1.82, 2.24) is 15.5 Å². The second-order valence-electron chi connectivity index (χ2n) is 6.04. The van der Waals surface area contributed by atoms with Crippen molar-refractivity contribution in [3.8, 4) is 0 Å². The molecule has 0 bridgehead atoms. The summed E-state index contributed by atoms with van der Waals surface area (Å²) in [6.45, 7) is 7.03. The van der Waals surface area contributed by atoms with E-state index in [1.165, 1.54) is 0 Å². The lowest BCUT2D eigenvalue weighted by Crippen LogP contribution is -2.44. The Bertz CT molecular complexity index is 415. The number of hydrogen-bond donors (Lipinski definition) is 2. The van der Waals surface area contributed by atoms with Crippen LogP contribution in [0.15, 0.2) is 4.99 Å². The molecule has 2 N–H and O–H groups in total. The largest absolute Gasteiger partial charge is 0.460 e. The van der Waals surface area contributed by atoms with Crippen LogP contribution in [0.3, 0.4) is 0 Å². The Kier molecular flexibility index (Phi) is 5.99. The number of nitrogens with one attached hydrogen (secondary N) is 2. The molecule has 0 aromatic carbocycles. The molecular weight excluding hydrogens is 272 g/mol. The number of rotatable bonds is 3. The first-order chi connectivity index (χ1) is 9.76. The van der Waals surface area contributed by atoms with Gasteiger partial charge in [0.25, 0.3) is 0 Å². The van der Waals surface area contributed by atoms with Crippen LogP contribution < -0.4 is 10.6 Å². The normalized spacial score (nSPS) is 19.4. The molecule has 1 amide bonds. The minimum atomic E-state index is -0.469.